The summed E-state index contributed by atoms with van der Waals surface area (Å²) in [7, 11) is 0. The lowest BCUT2D eigenvalue weighted by Gasteiger charge is -2.28. The molecule has 0 fully saturated rings. The predicted octanol–water partition coefficient (Wildman–Crippen LogP) is 2.57. The maximum absolute atomic E-state index is 13.2. The van der Waals surface area contributed by atoms with E-state index in [4.69, 9.17) is 5.73 Å². The van der Waals surface area contributed by atoms with Gasteiger partial charge in [-0.3, -0.25) is 4.79 Å². The number of amides is 1. The van der Waals surface area contributed by atoms with E-state index >= 15 is 0 Å². The number of rotatable bonds is 2. The van der Waals surface area contributed by atoms with Crippen LogP contribution in [-0.2, 0) is 0 Å². The Bertz CT molecular complexity index is 424. The minimum Gasteiger partial charge on any atom is -0.396 e. The van der Waals surface area contributed by atoms with Gasteiger partial charge in [0.15, 0.2) is 0 Å². The lowest BCUT2D eigenvalue weighted by Crippen LogP contribution is -2.41. The van der Waals surface area contributed by atoms with Crippen molar-refractivity contribution in [1.82, 2.24) is 5.32 Å². The maximum atomic E-state index is 13.2. The second-order valence-corrected chi connectivity index (χ2v) is 5.26. The summed E-state index contributed by atoms with van der Waals surface area (Å²) >= 11 is 0. The number of hydrogen-bond donors (Lipinski definition) is 2. The molecule has 0 aliphatic carbocycles. The molecule has 94 valence electrons. The minimum absolute atomic E-state index is 0.0299. The quantitative estimate of drug-likeness (QED) is 0.778. The summed E-state index contributed by atoms with van der Waals surface area (Å²) in [5, 5.41) is 2.82. The Balaban J connectivity index is 2.88. The molecule has 0 saturated heterocycles. The Labute approximate surface area is 101 Å². The lowest BCUT2D eigenvalue weighted by atomic mass is 9.88. The fourth-order valence-electron chi connectivity index (χ4n) is 1.23. The number of halogens is 1. The molecule has 1 aromatic carbocycles. The van der Waals surface area contributed by atoms with Gasteiger partial charge in [-0.1, -0.05) is 26.8 Å². The first-order chi connectivity index (χ1) is 7.73. The summed E-state index contributed by atoms with van der Waals surface area (Å²) in [5.41, 5.74) is 5.55. The van der Waals surface area contributed by atoms with Crippen LogP contribution in [0, 0.1) is 11.2 Å². The molecule has 0 radical (unpaired) electrons. The van der Waals surface area contributed by atoms with Gasteiger partial charge in [0.25, 0.3) is 5.91 Å². The van der Waals surface area contributed by atoms with Crippen LogP contribution in [0.1, 0.15) is 38.1 Å². The molecule has 3 nitrogen and oxygen atoms in total. The average Bonchev–Trinajstić information content (AvgIpc) is 2.20. The van der Waals surface area contributed by atoms with Crippen LogP contribution in [0.2, 0.25) is 0 Å². The van der Waals surface area contributed by atoms with E-state index in [0.29, 0.717) is 0 Å². The van der Waals surface area contributed by atoms with Gasteiger partial charge in [0.2, 0.25) is 0 Å². The smallest absolute Gasteiger partial charge is 0.253 e. The van der Waals surface area contributed by atoms with Crippen molar-refractivity contribution in [1.29, 1.82) is 0 Å². The summed E-state index contributed by atoms with van der Waals surface area (Å²) in [5.74, 6) is -0.912. The van der Waals surface area contributed by atoms with Crippen LogP contribution < -0.4 is 11.1 Å². The highest BCUT2D eigenvalue weighted by Gasteiger charge is 2.23. The number of carbonyl (C=O) groups is 1. The average molecular weight is 238 g/mol. The molecule has 0 aliphatic heterocycles. The SMILES string of the molecule is CC(NC(=O)c1cccc(F)c1N)C(C)(C)C. The topological polar surface area (TPSA) is 55.1 Å². The van der Waals surface area contributed by atoms with E-state index < -0.39 is 5.82 Å². The van der Waals surface area contributed by atoms with Crippen molar-refractivity contribution in [3.8, 4) is 0 Å². The highest BCUT2D eigenvalue weighted by molar-refractivity contribution is 5.99. The first-order valence-corrected chi connectivity index (χ1v) is 5.58. The third-order valence-corrected chi connectivity index (χ3v) is 2.94. The first-order valence-electron chi connectivity index (χ1n) is 5.58. The second kappa shape index (κ2) is 4.73. The number of anilines is 1. The summed E-state index contributed by atoms with van der Waals surface area (Å²) in [6.45, 7) is 7.97. The zero-order valence-corrected chi connectivity index (χ0v) is 10.7. The molecule has 1 unspecified atom stereocenters. The monoisotopic (exact) mass is 238 g/mol. The van der Waals surface area contributed by atoms with Crippen LogP contribution in [0.5, 0.6) is 0 Å². The van der Waals surface area contributed by atoms with Crippen LogP contribution in [0.4, 0.5) is 10.1 Å². The van der Waals surface area contributed by atoms with Crippen LogP contribution in [-0.4, -0.2) is 11.9 Å². The normalized spacial score (nSPS) is 13.2. The number of hydrogen-bond acceptors (Lipinski definition) is 2. The second-order valence-electron chi connectivity index (χ2n) is 5.26. The molecule has 17 heavy (non-hydrogen) atoms. The third-order valence-electron chi connectivity index (χ3n) is 2.94. The van der Waals surface area contributed by atoms with Crippen LogP contribution in [0.3, 0.4) is 0 Å². The van der Waals surface area contributed by atoms with E-state index in [-0.39, 0.29) is 28.6 Å². The Morgan fingerprint density at radius 1 is 1.41 bits per heavy atom. The molecule has 3 N–H and O–H groups in total. The Morgan fingerprint density at radius 2 is 2.00 bits per heavy atom. The largest absolute Gasteiger partial charge is 0.396 e. The van der Waals surface area contributed by atoms with E-state index in [0.717, 1.165) is 0 Å². The van der Waals surface area contributed by atoms with Crippen LogP contribution in [0.15, 0.2) is 18.2 Å². The van der Waals surface area contributed by atoms with Crippen molar-refractivity contribution in [2.45, 2.75) is 33.7 Å². The van der Waals surface area contributed by atoms with Gasteiger partial charge in [0.1, 0.15) is 5.82 Å². The van der Waals surface area contributed by atoms with Gasteiger partial charge >= 0.3 is 0 Å². The van der Waals surface area contributed by atoms with Crippen molar-refractivity contribution >= 4 is 11.6 Å². The number of nitrogens with two attached hydrogens (primary N) is 1. The van der Waals surface area contributed by atoms with Gasteiger partial charge in [0, 0.05) is 6.04 Å². The molecule has 1 atom stereocenters. The first kappa shape index (κ1) is 13.5. The Kier molecular flexibility index (Phi) is 3.76. The maximum Gasteiger partial charge on any atom is 0.253 e. The number of benzene rings is 1. The zero-order valence-electron chi connectivity index (χ0n) is 10.7. The number of para-hydroxylation sites is 1. The van der Waals surface area contributed by atoms with Gasteiger partial charge < -0.3 is 11.1 Å². The Morgan fingerprint density at radius 3 is 2.53 bits per heavy atom. The third kappa shape index (κ3) is 3.19. The molecule has 0 spiro atoms. The molecule has 1 rings (SSSR count). The summed E-state index contributed by atoms with van der Waals surface area (Å²) < 4.78 is 13.2. The highest BCUT2D eigenvalue weighted by atomic mass is 19.1. The minimum atomic E-state index is -0.568. The molecule has 0 aliphatic rings. The molecule has 4 heteroatoms. The van der Waals surface area contributed by atoms with E-state index in [2.05, 4.69) is 5.32 Å². The predicted molar refractivity (Wildman–Crippen MR) is 67.2 cm³/mol. The molecular weight excluding hydrogens is 219 g/mol. The summed E-state index contributed by atoms with van der Waals surface area (Å²) in [6, 6.07) is 4.20. The fraction of sp³-hybridized carbons (Fsp3) is 0.462. The van der Waals surface area contributed by atoms with E-state index in [1.165, 1.54) is 18.2 Å². The lowest BCUT2D eigenvalue weighted by molar-refractivity contribution is 0.0910. The molecule has 0 saturated carbocycles. The van der Waals surface area contributed by atoms with Gasteiger partial charge in [-0.25, -0.2) is 4.39 Å². The van der Waals surface area contributed by atoms with E-state index in [1.54, 1.807) is 0 Å². The van der Waals surface area contributed by atoms with Crippen molar-refractivity contribution in [2.24, 2.45) is 5.41 Å². The standard InChI is InChI=1S/C13H19FN2O/c1-8(13(2,3)4)16-12(17)9-6-5-7-10(14)11(9)15/h5-8H,15H2,1-4H3,(H,16,17). The highest BCUT2D eigenvalue weighted by Crippen LogP contribution is 2.20. The number of nitrogen functional groups attached to an aromatic ring is 1. The van der Waals surface area contributed by atoms with Crippen molar-refractivity contribution in [3.63, 3.8) is 0 Å². The van der Waals surface area contributed by atoms with Gasteiger partial charge in [0.05, 0.1) is 11.3 Å². The fourth-order valence-corrected chi connectivity index (χ4v) is 1.23. The van der Waals surface area contributed by atoms with Crippen molar-refractivity contribution in [3.05, 3.63) is 29.6 Å². The van der Waals surface area contributed by atoms with Crippen LogP contribution in [0.25, 0.3) is 0 Å². The van der Waals surface area contributed by atoms with Crippen molar-refractivity contribution in [2.75, 3.05) is 5.73 Å². The molecule has 0 bridgehead atoms. The molecular formula is C13H19FN2O. The number of carbonyl (C=O) groups excluding carboxylic acids is 1. The number of nitrogens with one attached hydrogen (secondary N) is 1. The molecule has 0 heterocycles. The molecule has 0 aromatic heterocycles. The Hall–Kier alpha value is -1.58. The summed E-state index contributed by atoms with van der Waals surface area (Å²) in [4.78, 5) is 11.9. The van der Waals surface area contributed by atoms with Crippen molar-refractivity contribution < 1.29 is 9.18 Å². The van der Waals surface area contributed by atoms with E-state index in [1.807, 2.05) is 27.7 Å². The van der Waals surface area contributed by atoms with Gasteiger partial charge in [-0.2, -0.15) is 0 Å². The molecule has 1 amide bonds. The van der Waals surface area contributed by atoms with Crippen LogP contribution >= 0.6 is 0 Å². The van der Waals surface area contributed by atoms with Gasteiger partial charge in [-0.15, -0.1) is 0 Å². The van der Waals surface area contributed by atoms with Gasteiger partial charge in [-0.05, 0) is 24.5 Å². The van der Waals surface area contributed by atoms with E-state index in [9.17, 15) is 9.18 Å². The summed E-state index contributed by atoms with van der Waals surface area (Å²) in [6.07, 6.45) is 0. The molecule has 1 aromatic rings. The zero-order chi connectivity index (χ0) is 13.2.